The molecule has 0 bridgehead atoms. The van der Waals surface area contributed by atoms with Crippen LogP contribution in [-0.4, -0.2) is 27.9 Å². The molecule has 3 rings (SSSR count). The standard InChI is InChI=1S/C16H23N3O/c17-15-4-2-1-3-14(15)16(20)19(13-5-6-13)11-12-7-9-18-10-8-12/h7-10,13-15H,1-6,11,17H2. The van der Waals surface area contributed by atoms with E-state index in [0.717, 1.165) is 37.7 Å². The van der Waals surface area contributed by atoms with Gasteiger partial charge >= 0.3 is 0 Å². The number of rotatable bonds is 4. The highest BCUT2D eigenvalue weighted by atomic mass is 16.2. The molecule has 2 aliphatic carbocycles. The molecule has 2 atom stereocenters. The van der Waals surface area contributed by atoms with Gasteiger partial charge in [0, 0.05) is 31.0 Å². The lowest BCUT2D eigenvalue weighted by atomic mass is 9.84. The largest absolute Gasteiger partial charge is 0.335 e. The molecular formula is C16H23N3O. The van der Waals surface area contributed by atoms with Crippen molar-refractivity contribution in [2.24, 2.45) is 11.7 Å². The van der Waals surface area contributed by atoms with Gasteiger partial charge < -0.3 is 10.6 Å². The molecule has 0 radical (unpaired) electrons. The molecule has 2 saturated carbocycles. The Hall–Kier alpha value is -1.42. The minimum absolute atomic E-state index is 0.0335. The van der Waals surface area contributed by atoms with Crippen LogP contribution in [0.25, 0.3) is 0 Å². The van der Waals surface area contributed by atoms with Crippen LogP contribution in [0.15, 0.2) is 24.5 Å². The summed E-state index contributed by atoms with van der Waals surface area (Å²) in [4.78, 5) is 18.9. The van der Waals surface area contributed by atoms with Crippen molar-refractivity contribution in [3.63, 3.8) is 0 Å². The Labute approximate surface area is 120 Å². The van der Waals surface area contributed by atoms with E-state index < -0.39 is 0 Å². The van der Waals surface area contributed by atoms with Crippen LogP contribution in [-0.2, 0) is 11.3 Å². The van der Waals surface area contributed by atoms with E-state index in [4.69, 9.17) is 5.73 Å². The topological polar surface area (TPSA) is 59.2 Å². The highest BCUT2D eigenvalue weighted by molar-refractivity contribution is 5.80. The second kappa shape index (κ2) is 5.92. The molecule has 108 valence electrons. The lowest BCUT2D eigenvalue weighted by molar-refractivity contribution is -0.138. The van der Waals surface area contributed by atoms with Gasteiger partial charge in [0.2, 0.25) is 5.91 Å². The molecule has 1 heterocycles. The minimum Gasteiger partial charge on any atom is -0.335 e. The molecule has 2 N–H and O–H groups in total. The molecule has 1 aromatic heterocycles. The van der Waals surface area contributed by atoms with Gasteiger partial charge in [0.15, 0.2) is 0 Å². The predicted octanol–water partition coefficient (Wildman–Crippen LogP) is 2.09. The lowest BCUT2D eigenvalue weighted by Crippen LogP contribution is -2.46. The van der Waals surface area contributed by atoms with Crippen LogP contribution in [0, 0.1) is 5.92 Å². The van der Waals surface area contributed by atoms with E-state index in [1.807, 2.05) is 12.1 Å². The SMILES string of the molecule is NC1CCCCC1C(=O)N(Cc1ccncc1)C1CC1. The Morgan fingerprint density at radius 1 is 1.20 bits per heavy atom. The quantitative estimate of drug-likeness (QED) is 0.914. The molecule has 2 fully saturated rings. The summed E-state index contributed by atoms with van der Waals surface area (Å²) in [6, 6.07) is 4.46. The van der Waals surface area contributed by atoms with Crippen LogP contribution in [0.1, 0.15) is 44.1 Å². The minimum atomic E-state index is 0.0335. The Morgan fingerprint density at radius 2 is 1.90 bits per heavy atom. The van der Waals surface area contributed by atoms with E-state index in [0.29, 0.717) is 12.6 Å². The number of nitrogens with two attached hydrogens (primary N) is 1. The van der Waals surface area contributed by atoms with Gasteiger partial charge in [-0.05, 0) is 43.4 Å². The Balaban J connectivity index is 1.71. The fourth-order valence-corrected chi connectivity index (χ4v) is 3.14. The molecule has 2 aliphatic rings. The molecule has 4 nitrogen and oxygen atoms in total. The number of hydrogen-bond donors (Lipinski definition) is 1. The average Bonchev–Trinajstić information content (AvgIpc) is 3.30. The van der Waals surface area contributed by atoms with E-state index in [1.54, 1.807) is 12.4 Å². The van der Waals surface area contributed by atoms with Gasteiger partial charge in [-0.25, -0.2) is 0 Å². The van der Waals surface area contributed by atoms with E-state index in [9.17, 15) is 4.79 Å². The fourth-order valence-electron chi connectivity index (χ4n) is 3.14. The van der Waals surface area contributed by atoms with Crippen molar-refractivity contribution in [3.8, 4) is 0 Å². The van der Waals surface area contributed by atoms with Gasteiger partial charge in [0.05, 0.1) is 5.92 Å². The third kappa shape index (κ3) is 3.01. The Morgan fingerprint density at radius 3 is 2.55 bits per heavy atom. The number of nitrogens with zero attached hydrogens (tertiary/aromatic N) is 2. The van der Waals surface area contributed by atoms with Crippen molar-refractivity contribution < 1.29 is 4.79 Å². The van der Waals surface area contributed by atoms with Gasteiger partial charge in [-0.1, -0.05) is 12.8 Å². The molecule has 0 aromatic carbocycles. The monoisotopic (exact) mass is 273 g/mol. The summed E-state index contributed by atoms with van der Waals surface area (Å²) < 4.78 is 0. The first kappa shape index (κ1) is 13.6. The van der Waals surface area contributed by atoms with Gasteiger partial charge in [-0.15, -0.1) is 0 Å². The van der Waals surface area contributed by atoms with Crippen LogP contribution in [0.4, 0.5) is 0 Å². The normalized spacial score (nSPS) is 26.2. The number of carbonyl (C=O) groups is 1. The van der Waals surface area contributed by atoms with Crippen LogP contribution in [0.2, 0.25) is 0 Å². The number of pyridine rings is 1. The maximum atomic E-state index is 12.8. The average molecular weight is 273 g/mol. The maximum Gasteiger partial charge on any atom is 0.227 e. The van der Waals surface area contributed by atoms with E-state index in [-0.39, 0.29) is 17.9 Å². The first-order valence-corrected chi connectivity index (χ1v) is 7.70. The van der Waals surface area contributed by atoms with Crippen molar-refractivity contribution in [1.29, 1.82) is 0 Å². The van der Waals surface area contributed by atoms with E-state index >= 15 is 0 Å². The predicted molar refractivity (Wildman–Crippen MR) is 77.7 cm³/mol. The molecule has 0 saturated heterocycles. The van der Waals surface area contributed by atoms with Gasteiger partial charge in [-0.2, -0.15) is 0 Å². The number of amides is 1. The summed E-state index contributed by atoms with van der Waals surface area (Å²) in [6.07, 6.45) is 10.1. The lowest BCUT2D eigenvalue weighted by Gasteiger charge is -2.33. The molecule has 1 amide bonds. The highest BCUT2D eigenvalue weighted by Gasteiger charge is 2.38. The second-order valence-corrected chi connectivity index (χ2v) is 6.11. The smallest absolute Gasteiger partial charge is 0.227 e. The molecule has 0 aliphatic heterocycles. The van der Waals surface area contributed by atoms with Crippen LogP contribution < -0.4 is 5.73 Å². The molecular weight excluding hydrogens is 250 g/mol. The number of aromatic nitrogens is 1. The van der Waals surface area contributed by atoms with E-state index in [1.165, 1.54) is 6.42 Å². The zero-order chi connectivity index (χ0) is 13.9. The number of carbonyl (C=O) groups excluding carboxylic acids is 1. The first-order chi connectivity index (χ1) is 9.75. The van der Waals surface area contributed by atoms with Gasteiger partial charge in [0.1, 0.15) is 0 Å². The van der Waals surface area contributed by atoms with Crippen molar-refractivity contribution in [1.82, 2.24) is 9.88 Å². The first-order valence-electron chi connectivity index (χ1n) is 7.70. The Kier molecular flexibility index (Phi) is 4.01. The van der Waals surface area contributed by atoms with Crippen molar-refractivity contribution in [2.75, 3.05) is 0 Å². The molecule has 2 unspecified atom stereocenters. The van der Waals surface area contributed by atoms with E-state index in [2.05, 4.69) is 9.88 Å². The summed E-state index contributed by atoms with van der Waals surface area (Å²) in [5.74, 6) is 0.308. The fraction of sp³-hybridized carbons (Fsp3) is 0.625. The summed E-state index contributed by atoms with van der Waals surface area (Å²) >= 11 is 0. The summed E-state index contributed by atoms with van der Waals surface area (Å²) in [5.41, 5.74) is 7.33. The molecule has 1 aromatic rings. The molecule has 4 heteroatoms. The zero-order valence-corrected chi connectivity index (χ0v) is 11.9. The summed E-state index contributed by atoms with van der Waals surface area (Å²) in [7, 11) is 0. The summed E-state index contributed by atoms with van der Waals surface area (Å²) in [6.45, 7) is 0.704. The highest BCUT2D eigenvalue weighted by Crippen LogP contribution is 2.33. The summed E-state index contributed by atoms with van der Waals surface area (Å²) in [5, 5.41) is 0. The zero-order valence-electron chi connectivity index (χ0n) is 11.9. The second-order valence-electron chi connectivity index (χ2n) is 6.11. The van der Waals surface area contributed by atoms with Crippen molar-refractivity contribution in [3.05, 3.63) is 30.1 Å². The molecule has 0 spiro atoms. The number of hydrogen-bond acceptors (Lipinski definition) is 3. The third-order valence-electron chi connectivity index (χ3n) is 4.51. The van der Waals surface area contributed by atoms with Crippen LogP contribution in [0.3, 0.4) is 0 Å². The molecule has 20 heavy (non-hydrogen) atoms. The van der Waals surface area contributed by atoms with Crippen LogP contribution >= 0.6 is 0 Å². The van der Waals surface area contributed by atoms with Crippen molar-refractivity contribution in [2.45, 2.75) is 57.2 Å². The van der Waals surface area contributed by atoms with Gasteiger partial charge in [-0.3, -0.25) is 9.78 Å². The maximum absolute atomic E-state index is 12.8. The third-order valence-corrected chi connectivity index (χ3v) is 4.51. The van der Waals surface area contributed by atoms with Crippen molar-refractivity contribution >= 4 is 5.91 Å². The van der Waals surface area contributed by atoms with Crippen LogP contribution in [0.5, 0.6) is 0 Å². The Bertz CT molecular complexity index is 458. The van der Waals surface area contributed by atoms with Gasteiger partial charge in [0.25, 0.3) is 0 Å².